The molecule has 0 aliphatic heterocycles. The van der Waals surface area contributed by atoms with Crippen molar-refractivity contribution in [3.63, 3.8) is 0 Å². The molecule has 0 saturated carbocycles. The fourth-order valence-electron chi connectivity index (χ4n) is 1.47. The molecule has 0 fully saturated rings. The van der Waals surface area contributed by atoms with Crippen molar-refractivity contribution in [3.8, 4) is 0 Å². The lowest BCUT2D eigenvalue weighted by atomic mass is 10.1. The lowest BCUT2D eigenvalue weighted by Gasteiger charge is -2.16. The minimum absolute atomic E-state index is 0.0299. The number of halogens is 2. The number of benzene rings is 1. The lowest BCUT2D eigenvalue weighted by Crippen LogP contribution is -2.35. The van der Waals surface area contributed by atoms with Gasteiger partial charge in [-0.05, 0) is 53.6 Å². The molecule has 0 aliphatic carbocycles. The summed E-state index contributed by atoms with van der Waals surface area (Å²) in [5, 5.41) is 11.8. The first-order valence-electron chi connectivity index (χ1n) is 5.45. The third-order valence-electron chi connectivity index (χ3n) is 2.48. The second-order valence-corrected chi connectivity index (χ2v) is 5.79. The Morgan fingerprint density at radius 2 is 2.29 bits per heavy atom. The van der Waals surface area contributed by atoms with Gasteiger partial charge in [-0.15, -0.1) is 0 Å². The molecule has 1 amide bonds. The van der Waals surface area contributed by atoms with Gasteiger partial charge < -0.3 is 10.4 Å². The Bertz CT molecular complexity index is 398. The second-order valence-electron chi connectivity index (χ2n) is 3.72. The molecular weight excluding hydrogens is 397 g/mol. The third-order valence-corrected chi connectivity index (χ3v) is 3.91. The molecule has 0 radical (unpaired) electrons. The van der Waals surface area contributed by atoms with E-state index in [0.29, 0.717) is 12.0 Å². The van der Waals surface area contributed by atoms with Gasteiger partial charge in [0.2, 0.25) is 0 Å². The highest BCUT2D eigenvalue weighted by molar-refractivity contribution is 14.1. The third kappa shape index (κ3) is 4.56. The van der Waals surface area contributed by atoms with Gasteiger partial charge >= 0.3 is 0 Å². The first kappa shape index (κ1) is 14.9. The van der Waals surface area contributed by atoms with Crippen LogP contribution in [0.2, 0.25) is 0 Å². The van der Waals surface area contributed by atoms with Crippen molar-refractivity contribution in [3.05, 3.63) is 31.8 Å². The summed E-state index contributed by atoms with van der Waals surface area (Å²) in [6, 6.07) is 5.64. The molecular formula is C12H15BrINO2. The minimum Gasteiger partial charge on any atom is -0.396 e. The molecule has 17 heavy (non-hydrogen) atoms. The van der Waals surface area contributed by atoms with Gasteiger partial charge in [-0.25, -0.2) is 0 Å². The molecule has 94 valence electrons. The molecule has 1 aromatic rings. The van der Waals surface area contributed by atoms with E-state index in [9.17, 15) is 4.79 Å². The number of nitrogens with one attached hydrogen (secondary N) is 1. The average molecular weight is 412 g/mol. The van der Waals surface area contributed by atoms with Gasteiger partial charge in [0.15, 0.2) is 0 Å². The van der Waals surface area contributed by atoms with Crippen molar-refractivity contribution in [2.24, 2.45) is 0 Å². The van der Waals surface area contributed by atoms with Crippen molar-refractivity contribution in [2.75, 3.05) is 6.61 Å². The molecule has 0 heterocycles. The minimum atomic E-state index is -0.0870. The van der Waals surface area contributed by atoms with Crippen LogP contribution in [-0.2, 0) is 0 Å². The maximum absolute atomic E-state index is 12.0. The maximum Gasteiger partial charge on any atom is 0.252 e. The molecule has 0 aromatic heterocycles. The van der Waals surface area contributed by atoms with Crippen LogP contribution in [0, 0.1) is 3.57 Å². The number of rotatable bonds is 5. The van der Waals surface area contributed by atoms with E-state index in [1.807, 2.05) is 25.1 Å². The first-order valence-corrected chi connectivity index (χ1v) is 7.32. The Hall–Kier alpha value is -0.140. The zero-order valence-electron chi connectivity index (χ0n) is 9.54. The van der Waals surface area contributed by atoms with E-state index in [-0.39, 0.29) is 18.6 Å². The smallest absolute Gasteiger partial charge is 0.252 e. The summed E-state index contributed by atoms with van der Waals surface area (Å²) in [5.41, 5.74) is 0.663. The van der Waals surface area contributed by atoms with Crippen LogP contribution >= 0.6 is 38.5 Å². The van der Waals surface area contributed by atoms with E-state index in [1.54, 1.807) is 0 Å². The van der Waals surface area contributed by atoms with E-state index < -0.39 is 0 Å². The van der Waals surface area contributed by atoms with Crippen LogP contribution in [0.25, 0.3) is 0 Å². The van der Waals surface area contributed by atoms with Gasteiger partial charge in [0.1, 0.15) is 0 Å². The fraction of sp³-hybridized carbons (Fsp3) is 0.417. The molecule has 0 spiro atoms. The summed E-state index contributed by atoms with van der Waals surface area (Å²) in [5.74, 6) is -0.0870. The predicted octanol–water partition coefficient (Wildman–Crippen LogP) is 2.94. The summed E-state index contributed by atoms with van der Waals surface area (Å²) < 4.78 is 1.81. The monoisotopic (exact) mass is 411 g/mol. The Morgan fingerprint density at radius 3 is 2.88 bits per heavy atom. The highest BCUT2D eigenvalue weighted by atomic mass is 127. The summed E-state index contributed by atoms with van der Waals surface area (Å²) >= 11 is 5.50. The van der Waals surface area contributed by atoms with Crippen LogP contribution < -0.4 is 5.32 Å². The molecule has 0 aliphatic rings. The molecule has 0 bridgehead atoms. The summed E-state index contributed by atoms with van der Waals surface area (Å²) in [4.78, 5) is 12.0. The molecule has 5 heteroatoms. The Labute approximate surface area is 123 Å². The molecule has 0 saturated heterocycles. The largest absolute Gasteiger partial charge is 0.396 e. The molecule has 1 atom stereocenters. The molecule has 1 aromatic carbocycles. The SMILES string of the molecule is CCC(CCO)NC(=O)c1cc(Br)ccc1I. The van der Waals surface area contributed by atoms with Gasteiger partial charge in [0.05, 0.1) is 5.56 Å². The van der Waals surface area contributed by atoms with Gasteiger partial charge in [0, 0.05) is 20.7 Å². The van der Waals surface area contributed by atoms with Gasteiger partial charge in [-0.2, -0.15) is 0 Å². The highest BCUT2D eigenvalue weighted by Gasteiger charge is 2.14. The Morgan fingerprint density at radius 1 is 1.59 bits per heavy atom. The Balaban J connectivity index is 2.78. The van der Waals surface area contributed by atoms with Crippen molar-refractivity contribution in [1.82, 2.24) is 5.32 Å². The summed E-state index contributed by atoms with van der Waals surface area (Å²) in [6.45, 7) is 2.08. The van der Waals surface area contributed by atoms with Crippen molar-refractivity contribution < 1.29 is 9.90 Å². The number of aliphatic hydroxyl groups is 1. The first-order chi connectivity index (χ1) is 8.08. The van der Waals surface area contributed by atoms with Crippen LogP contribution in [0.5, 0.6) is 0 Å². The van der Waals surface area contributed by atoms with Crippen LogP contribution in [0.1, 0.15) is 30.1 Å². The number of hydrogen-bond donors (Lipinski definition) is 2. The molecule has 3 nitrogen and oxygen atoms in total. The zero-order chi connectivity index (χ0) is 12.8. The van der Waals surface area contributed by atoms with Crippen molar-refractivity contribution in [2.45, 2.75) is 25.8 Å². The van der Waals surface area contributed by atoms with Crippen LogP contribution in [0.4, 0.5) is 0 Å². The van der Waals surface area contributed by atoms with E-state index in [0.717, 1.165) is 14.5 Å². The van der Waals surface area contributed by atoms with E-state index in [4.69, 9.17) is 5.11 Å². The lowest BCUT2D eigenvalue weighted by molar-refractivity contribution is 0.0928. The number of aliphatic hydroxyl groups excluding tert-OH is 1. The van der Waals surface area contributed by atoms with Gasteiger partial charge in [-0.1, -0.05) is 22.9 Å². The molecule has 2 N–H and O–H groups in total. The second kappa shape index (κ2) is 7.33. The van der Waals surface area contributed by atoms with Gasteiger partial charge in [0.25, 0.3) is 5.91 Å². The Kier molecular flexibility index (Phi) is 6.43. The number of hydrogen-bond acceptors (Lipinski definition) is 2. The fourth-order valence-corrected chi connectivity index (χ4v) is 2.41. The predicted molar refractivity (Wildman–Crippen MR) is 80.1 cm³/mol. The highest BCUT2D eigenvalue weighted by Crippen LogP contribution is 2.18. The van der Waals surface area contributed by atoms with Gasteiger partial charge in [-0.3, -0.25) is 4.79 Å². The number of amides is 1. The molecule has 1 rings (SSSR count). The topological polar surface area (TPSA) is 49.3 Å². The van der Waals surface area contributed by atoms with E-state index in [1.165, 1.54) is 0 Å². The van der Waals surface area contributed by atoms with E-state index >= 15 is 0 Å². The van der Waals surface area contributed by atoms with Crippen molar-refractivity contribution in [1.29, 1.82) is 0 Å². The number of carbonyl (C=O) groups excluding carboxylic acids is 1. The molecule has 1 unspecified atom stereocenters. The zero-order valence-corrected chi connectivity index (χ0v) is 13.3. The maximum atomic E-state index is 12.0. The van der Waals surface area contributed by atoms with Crippen LogP contribution in [0.3, 0.4) is 0 Å². The quantitative estimate of drug-likeness (QED) is 0.732. The van der Waals surface area contributed by atoms with E-state index in [2.05, 4.69) is 43.8 Å². The normalized spacial score (nSPS) is 12.2. The average Bonchev–Trinajstić information content (AvgIpc) is 2.31. The van der Waals surface area contributed by atoms with Crippen LogP contribution in [0.15, 0.2) is 22.7 Å². The summed E-state index contributed by atoms with van der Waals surface area (Å²) in [6.07, 6.45) is 1.41. The standard InChI is InChI=1S/C12H15BrINO2/c1-2-9(5-6-16)15-12(17)10-7-8(13)3-4-11(10)14/h3-4,7,9,16H,2,5-6H2,1H3,(H,15,17). The number of carbonyl (C=O) groups is 1. The van der Waals surface area contributed by atoms with Crippen LogP contribution in [-0.4, -0.2) is 23.7 Å². The van der Waals surface area contributed by atoms with Crippen molar-refractivity contribution >= 4 is 44.4 Å². The summed E-state index contributed by atoms with van der Waals surface area (Å²) in [7, 11) is 0.